The molecule has 0 atom stereocenters. The molecule has 0 aliphatic carbocycles. The van der Waals surface area contributed by atoms with Crippen molar-refractivity contribution in [1.82, 2.24) is 9.97 Å². The van der Waals surface area contributed by atoms with Gasteiger partial charge in [-0.25, -0.2) is 14.4 Å². The molecule has 3 rings (SSSR count). The van der Waals surface area contributed by atoms with Gasteiger partial charge in [0.2, 0.25) is 0 Å². The lowest BCUT2D eigenvalue weighted by atomic mass is 10.0. The Bertz CT molecular complexity index is 778. The third-order valence-electron chi connectivity index (χ3n) is 4.34. The maximum absolute atomic E-state index is 13.0. The molecule has 25 heavy (non-hydrogen) atoms. The summed E-state index contributed by atoms with van der Waals surface area (Å²) in [5.74, 6) is 0.520. The van der Waals surface area contributed by atoms with Crippen LogP contribution in [0, 0.1) is 5.82 Å². The minimum Gasteiger partial charge on any atom is -0.236 e. The second kappa shape index (κ2) is 8.52. The van der Waals surface area contributed by atoms with Crippen LogP contribution in [0.3, 0.4) is 0 Å². The van der Waals surface area contributed by atoms with Gasteiger partial charge in [-0.3, -0.25) is 0 Å². The van der Waals surface area contributed by atoms with Crippen LogP contribution in [0.4, 0.5) is 4.39 Å². The first kappa shape index (κ1) is 17.3. The van der Waals surface area contributed by atoms with Crippen LogP contribution in [0.1, 0.15) is 38.2 Å². The van der Waals surface area contributed by atoms with Gasteiger partial charge in [0.1, 0.15) is 5.82 Å². The van der Waals surface area contributed by atoms with Crippen LogP contribution in [0.15, 0.2) is 60.9 Å². The molecule has 0 aliphatic rings. The molecule has 128 valence electrons. The van der Waals surface area contributed by atoms with E-state index < -0.39 is 0 Å². The lowest BCUT2D eigenvalue weighted by molar-refractivity contribution is 0.628. The molecule has 0 saturated carbocycles. The fraction of sp³-hybridized carbons (Fsp3) is 0.273. The summed E-state index contributed by atoms with van der Waals surface area (Å²) in [4.78, 5) is 9.00. The van der Waals surface area contributed by atoms with E-state index in [0.717, 1.165) is 28.9 Å². The Morgan fingerprint density at radius 1 is 0.720 bits per heavy atom. The van der Waals surface area contributed by atoms with Crippen LogP contribution in [-0.4, -0.2) is 9.97 Å². The van der Waals surface area contributed by atoms with Gasteiger partial charge in [-0.05, 0) is 41.7 Å². The largest absolute Gasteiger partial charge is 0.236 e. The fourth-order valence-corrected chi connectivity index (χ4v) is 2.84. The number of unbranched alkanes of at least 4 members (excludes halogenated alkanes) is 3. The average molecular weight is 334 g/mol. The number of hydrogen-bond donors (Lipinski definition) is 0. The second-order valence-corrected chi connectivity index (χ2v) is 6.31. The molecule has 0 spiro atoms. The summed E-state index contributed by atoms with van der Waals surface area (Å²) >= 11 is 0. The molecule has 0 amide bonds. The zero-order chi connectivity index (χ0) is 17.5. The van der Waals surface area contributed by atoms with E-state index in [1.54, 1.807) is 12.1 Å². The lowest BCUT2D eigenvalue weighted by Crippen LogP contribution is -1.93. The highest BCUT2D eigenvalue weighted by Crippen LogP contribution is 2.23. The Labute approximate surface area is 148 Å². The van der Waals surface area contributed by atoms with Gasteiger partial charge in [0.15, 0.2) is 5.82 Å². The maximum atomic E-state index is 13.0. The summed E-state index contributed by atoms with van der Waals surface area (Å²) < 4.78 is 13.0. The average Bonchev–Trinajstić information content (AvgIpc) is 2.67. The molecule has 0 aliphatic heterocycles. The molecule has 0 saturated heterocycles. The fourth-order valence-electron chi connectivity index (χ4n) is 2.84. The van der Waals surface area contributed by atoms with E-state index in [9.17, 15) is 4.39 Å². The summed E-state index contributed by atoms with van der Waals surface area (Å²) in [6.45, 7) is 2.22. The smallest absolute Gasteiger partial charge is 0.159 e. The zero-order valence-electron chi connectivity index (χ0n) is 14.6. The number of rotatable bonds is 7. The first-order valence-electron chi connectivity index (χ1n) is 8.93. The number of aryl methyl sites for hydroxylation is 1. The van der Waals surface area contributed by atoms with Crippen LogP contribution in [0.2, 0.25) is 0 Å². The molecule has 0 radical (unpaired) electrons. The van der Waals surface area contributed by atoms with Gasteiger partial charge < -0.3 is 0 Å². The third-order valence-corrected chi connectivity index (χ3v) is 4.34. The highest BCUT2D eigenvalue weighted by atomic mass is 19.1. The molecule has 0 N–H and O–H groups in total. The van der Waals surface area contributed by atoms with Gasteiger partial charge in [-0.15, -0.1) is 0 Å². The molecule has 0 unspecified atom stereocenters. The maximum Gasteiger partial charge on any atom is 0.159 e. The monoisotopic (exact) mass is 334 g/mol. The summed E-state index contributed by atoms with van der Waals surface area (Å²) in [6, 6.07) is 14.6. The third kappa shape index (κ3) is 4.72. The molecule has 2 aromatic carbocycles. The Hall–Kier alpha value is -2.55. The van der Waals surface area contributed by atoms with Crippen molar-refractivity contribution in [3.8, 4) is 22.5 Å². The summed E-state index contributed by atoms with van der Waals surface area (Å²) in [5, 5.41) is 0. The minimum absolute atomic E-state index is 0.219. The zero-order valence-corrected chi connectivity index (χ0v) is 14.6. The van der Waals surface area contributed by atoms with Gasteiger partial charge in [0.05, 0.1) is 0 Å². The highest BCUT2D eigenvalue weighted by molar-refractivity contribution is 5.67. The van der Waals surface area contributed by atoms with Crippen LogP contribution < -0.4 is 0 Å². The Morgan fingerprint density at radius 2 is 1.28 bits per heavy atom. The number of nitrogens with zero attached hydrogens (tertiary/aromatic N) is 2. The molecule has 3 aromatic rings. The van der Waals surface area contributed by atoms with Crippen molar-refractivity contribution in [1.29, 1.82) is 0 Å². The predicted octanol–water partition coefficient (Wildman–Crippen LogP) is 6.07. The molecule has 0 fully saturated rings. The minimum atomic E-state index is -0.219. The van der Waals surface area contributed by atoms with E-state index in [4.69, 9.17) is 0 Å². The van der Waals surface area contributed by atoms with Crippen molar-refractivity contribution in [2.24, 2.45) is 0 Å². The molecule has 2 nitrogen and oxygen atoms in total. The van der Waals surface area contributed by atoms with Crippen LogP contribution in [0.5, 0.6) is 0 Å². The van der Waals surface area contributed by atoms with Crippen LogP contribution in [0.25, 0.3) is 22.5 Å². The first-order valence-corrected chi connectivity index (χ1v) is 8.93. The molecule has 1 heterocycles. The molecular formula is C22H23FN2. The van der Waals surface area contributed by atoms with Crippen molar-refractivity contribution in [3.05, 3.63) is 72.3 Å². The molecule has 1 aromatic heterocycles. The molecular weight excluding hydrogens is 311 g/mol. The van der Waals surface area contributed by atoms with Gasteiger partial charge >= 0.3 is 0 Å². The number of aromatic nitrogens is 2. The van der Waals surface area contributed by atoms with Gasteiger partial charge in [-0.2, -0.15) is 0 Å². The van der Waals surface area contributed by atoms with Crippen molar-refractivity contribution < 1.29 is 4.39 Å². The van der Waals surface area contributed by atoms with Crippen molar-refractivity contribution in [3.63, 3.8) is 0 Å². The lowest BCUT2D eigenvalue weighted by Gasteiger charge is -2.05. The van der Waals surface area contributed by atoms with Crippen LogP contribution in [-0.2, 0) is 6.42 Å². The van der Waals surface area contributed by atoms with E-state index in [-0.39, 0.29) is 5.82 Å². The van der Waals surface area contributed by atoms with Gasteiger partial charge in [-0.1, -0.05) is 62.6 Å². The van der Waals surface area contributed by atoms with Gasteiger partial charge in [0, 0.05) is 18.0 Å². The number of halogens is 1. The van der Waals surface area contributed by atoms with E-state index in [1.165, 1.54) is 43.4 Å². The Morgan fingerprint density at radius 3 is 1.88 bits per heavy atom. The predicted molar refractivity (Wildman–Crippen MR) is 101 cm³/mol. The SMILES string of the molecule is CCCCCCc1cnc(-c2ccc(-c3ccc(F)cc3)cc2)nc1. The van der Waals surface area contributed by atoms with Crippen molar-refractivity contribution >= 4 is 0 Å². The van der Waals surface area contributed by atoms with Crippen molar-refractivity contribution in [2.45, 2.75) is 39.0 Å². The second-order valence-electron chi connectivity index (χ2n) is 6.31. The summed E-state index contributed by atoms with van der Waals surface area (Å²) in [6.07, 6.45) is 9.92. The van der Waals surface area contributed by atoms with E-state index in [0.29, 0.717) is 0 Å². The van der Waals surface area contributed by atoms with Gasteiger partial charge in [0.25, 0.3) is 0 Å². The van der Waals surface area contributed by atoms with E-state index >= 15 is 0 Å². The summed E-state index contributed by atoms with van der Waals surface area (Å²) in [7, 11) is 0. The Balaban J connectivity index is 1.66. The standard InChI is InChI=1S/C22H23FN2/c1-2-3-4-5-6-17-15-24-22(25-16-17)20-9-7-18(8-10-20)19-11-13-21(23)14-12-19/h7-16H,2-6H2,1H3. The van der Waals surface area contributed by atoms with E-state index in [2.05, 4.69) is 16.9 Å². The number of benzene rings is 2. The molecule has 3 heteroatoms. The van der Waals surface area contributed by atoms with Crippen LogP contribution >= 0.6 is 0 Å². The first-order chi connectivity index (χ1) is 12.3. The normalized spacial score (nSPS) is 10.8. The summed E-state index contributed by atoms with van der Waals surface area (Å²) in [5.41, 5.74) is 4.23. The molecule has 0 bridgehead atoms. The van der Waals surface area contributed by atoms with E-state index in [1.807, 2.05) is 36.7 Å². The highest BCUT2D eigenvalue weighted by Gasteiger charge is 2.04. The van der Waals surface area contributed by atoms with Crippen molar-refractivity contribution in [2.75, 3.05) is 0 Å². The quantitative estimate of drug-likeness (QED) is 0.490. The topological polar surface area (TPSA) is 25.8 Å². The number of hydrogen-bond acceptors (Lipinski definition) is 2. The Kier molecular flexibility index (Phi) is 5.89.